The zero-order valence-electron chi connectivity index (χ0n) is 7.11. The third-order valence-electron chi connectivity index (χ3n) is 1.05. The Morgan fingerprint density at radius 1 is 1.31 bits per heavy atom. The summed E-state index contributed by atoms with van der Waals surface area (Å²) in [5, 5.41) is 18.6. The molecule has 0 heterocycles. The van der Waals surface area contributed by atoms with Gasteiger partial charge in [0.2, 0.25) is 5.91 Å². The minimum atomic E-state index is -1.35. The van der Waals surface area contributed by atoms with Gasteiger partial charge in [-0.1, -0.05) is 0 Å². The van der Waals surface area contributed by atoms with Gasteiger partial charge in [-0.05, 0) is 0 Å². The Kier molecular flexibility index (Phi) is 7.04. The molecule has 0 saturated carbocycles. The highest BCUT2D eigenvalue weighted by Gasteiger charge is 2.21. The minimum Gasteiger partial charge on any atom is -0.481 e. The Morgan fingerprint density at radius 3 is 2.00 bits per heavy atom. The summed E-state index contributed by atoms with van der Waals surface area (Å²) in [6.45, 7) is 1.12. The topological polar surface area (TPSA) is 104 Å². The Balaban J connectivity index is 0. The highest BCUT2D eigenvalue weighted by atomic mass is 31.0. The summed E-state index contributed by atoms with van der Waals surface area (Å²) in [5.41, 5.74) is 0. The molecule has 0 aromatic heterocycles. The van der Waals surface area contributed by atoms with E-state index >= 15 is 0 Å². The molecule has 6 nitrogen and oxygen atoms in total. The summed E-state index contributed by atoms with van der Waals surface area (Å²) in [4.78, 5) is 30.7. The number of carbonyl (C=O) groups excluding carboxylic acids is 1. The van der Waals surface area contributed by atoms with Crippen LogP contribution in [0.2, 0.25) is 0 Å². The fourth-order valence-corrected chi connectivity index (χ4v) is 0.620. The highest BCUT2D eigenvalue weighted by Crippen LogP contribution is 1.91. The van der Waals surface area contributed by atoms with E-state index in [4.69, 9.17) is 10.2 Å². The maximum Gasteiger partial charge on any atom is 0.326 e. The van der Waals surface area contributed by atoms with Gasteiger partial charge in [-0.25, -0.2) is 4.79 Å². The Hall–Kier alpha value is -1.16. The molecule has 0 saturated heterocycles. The molecular formula is C6H12NO5P. The smallest absolute Gasteiger partial charge is 0.326 e. The van der Waals surface area contributed by atoms with E-state index in [2.05, 4.69) is 0 Å². The predicted octanol–water partition coefficient (Wildman–Crippen LogP) is -0.892. The third kappa shape index (κ3) is 7.21. The van der Waals surface area contributed by atoms with Crippen molar-refractivity contribution in [3.05, 3.63) is 0 Å². The summed E-state index contributed by atoms with van der Waals surface area (Å²) in [7, 11) is 0. The largest absolute Gasteiger partial charge is 0.481 e. The van der Waals surface area contributed by atoms with Crippen LogP contribution in [0, 0.1) is 0 Å². The first-order valence-electron chi connectivity index (χ1n) is 3.15. The van der Waals surface area contributed by atoms with Crippen molar-refractivity contribution in [1.29, 1.82) is 0 Å². The lowest BCUT2D eigenvalue weighted by molar-refractivity contribution is -0.147. The molecule has 0 radical (unpaired) electrons. The number of hydrogen-bond acceptors (Lipinski definition) is 3. The average molecular weight is 209 g/mol. The molecule has 0 bridgehead atoms. The van der Waals surface area contributed by atoms with Crippen molar-refractivity contribution in [2.45, 2.75) is 19.4 Å². The van der Waals surface area contributed by atoms with E-state index in [1.165, 1.54) is 0 Å². The first-order valence-corrected chi connectivity index (χ1v) is 3.15. The number of rotatable bonds is 4. The van der Waals surface area contributed by atoms with Gasteiger partial charge in [-0.2, -0.15) is 9.90 Å². The molecule has 0 fully saturated rings. The van der Waals surface area contributed by atoms with Crippen LogP contribution in [0.5, 0.6) is 0 Å². The first kappa shape index (κ1) is 14.4. The summed E-state index contributed by atoms with van der Waals surface area (Å²) in [6.07, 6.45) is -0.616. The normalized spacial score (nSPS) is 10.8. The lowest BCUT2D eigenvalue weighted by atomic mass is 10.2. The van der Waals surface area contributed by atoms with Crippen LogP contribution < -0.4 is 5.32 Å². The van der Waals surface area contributed by atoms with Crippen molar-refractivity contribution >= 4 is 27.7 Å². The summed E-state index contributed by atoms with van der Waals surface area (Å²) in [5.74, 6) is -3.19. The molecule has 0 aliphatic carbocycles. The molecule has 0 aliphatic rings. The maximum atomic E-state index is 10.4. The molecule has 13 heavy (non-hydrogen) atoms. The van der Waals surface area contributed by atoms with Gasteiger partial charge < -0.3 is 15.5 Å². The number of aliphatic carboxylic acids is 2. The first-order chi connectivity index (χ1) is 5.43. The second-order valence-electron chi connectivity index (χ2n) is 2.19. The zero-order valence-corrected chi connectivity index (χ0v) is 8.52. The summed E-state index contributed by atoms with van der Waals surface area (Å²) in [6, 6.07) is -1.35. The maximum absolute atomic E-state index is 10.4. The number of carboxylic acids is 2. The Bertz CT molecular complexity index is 201. The van der Waals surface area contributed by atoms with Crippen LogP contribution >= 0.6 is 9.90 Å². The van der Waals surface area contributed by atoms with Gasteiger partial charge in [-0.15, -0.1) is 0 Å². The predicted molar refractivity (Wildman–Crippen MR) is 48.6 cm³/mol. The SMILES string of the molecule is CC(=O)N[C@@H](CC(=O)O)C(=O)O.P. The van der Waals surface area contributed by atoms with Gasteiger partial charge in [0, 0.05) is 6.92 Å². The molecule has 0 rings (SSSR count). The van der Waals surface area contributed by atoms with Crippen molar-refractivity contribution in [3.63, 3.8) is 0 Å². The standard InChI is InChI=1S/C6H9NO5.H3P/c1-3(8)7-4(6(11)12)2-5(9)10;/h4H,2H2,1H3,(H,7,8)(H,9,10)(H,11,12);1H3/t4-;/m0./s1. The molecule has 0 spiro atoms. The number of carbonyl (C=O) groups is 3. The van der Waals surface area contributed by atoms with Crippen molar-refractivity contribution in [1.82, 2.24) is 5.32 Å². The highest BCUT2D eigenvalue weighted by molar-refractivity contribution is 6.92. The molecule has 3 N–H and O–H groups in total. The monoisotopic (exact) mass is 209 g/mol. The molecule has 2 atom stereocenters. The van der Waals surface area contributed by atoms with Crippen molar-refractivity contribution in [3.8, 4) is 0 Å². The van der Waals surface area contributed by atoms with E-state index < -0.39 is 30.3 Å². The molecule has 0 aromatic rings. The molecule has 0 aliphatic heterocycles. The molecular weight excluding hydrogens is 197 g/mol. The lowest BCUT2D eigenvalue weighted by Gasteiger charge is -2.09. The van der Waals surface area contributed by atoms with Gasteiger partial charge in [0.1, 0.15) is 6.04 Å². The number of nitrogens with one attached hydrogen (secondary N) is 1. The van der Waals surface area contributed by atoms with E-state index in [-0.39, 0.29) is 9.90 Å². The van der Waals surface area contributed by atoms with Crippen LogP contribution in [-0.4, -0.2) is 34.1 Å². The Morgan fingerprint density at radius 2 is 1.77 bits per heavy atom. The average Bonchev–Trinajstić information content (AvgIpc) is 1.83. The van der Waals surface area contributed by atoms with Crippen LogP contribution in [0.1, 0.15) is 13.3 Å². The van der Waals surface area contributed by atoms with Crippen molar-refractivity contribution in [2.75, 3.05) is 0 Å². The van der Waals surface area contributed by atoms with Gasteiger partial charge >= 0.3 is 11.9 Å². The van der Waals surface area contributed by atoms with Crippen LogP contribution in [0.3, 0.4) is 0 Å². The molecule has 0 aromatic carbocycles. The van der Waals surface area contributed by atoms with Gasteiger partial charge in [0.15, 0.2) is 0 Å². The van der Waals surface area contributed by atoms with Crippen LogP contribution in [0.25, 0.3) is 0 Å². The second kappa shape index (κ2) is 6.37. The molecule has 7 heteroatoms. The van der Waals surface area contributed by atoms with Gasteiger partial charge in [-0.3, -0.25) is 9.59 Å². The van der Waals surface area contributed by atoms with Crippen molar-refractivity contribution in [2.24, 2.45) is 0 Å². The van der Waals surface area contributed by atoms with E-state index in [0.29, 0.717) is 0 Å². The van der Waals surface area contributed by atoms with E-state index in [9.17, 15) is 14.4 Å². The van der Waals surface area contributed by atoms with Gasteiger partial charge in [0.25, 0.3) is 0 Å². The Labute approximate surface area is 77.9 Å². The third-order valence-corrected chi connectivity index (χ3v) is 1.05. The van der Waals surface area contributed by atoms with E-state index in [0.717, 1.165) is 6.92 Å². The fraction of sp³-hybridized carbons (Fsp3) is 0.500. The summed E-state index contributed by atoms with van der Waals surface area (Å²) >= 11 is 0. The molecule has 76 valence electrons. The lowest BCUT2D eigenvalue weighted by Crippen LogP contribution is -2.41. The molecule has 1 amide bonds. The van der Waals surface area contributed by atoms with E-state index in [1.807, 2.05) is 5.32 Å². The number of amides is 1. The van der Waals surface area contributed by atoms with Gasteiger partial charge in [0.05, 0.1) is 6.42 Å². The quantitative estimate of drug-likeness (QED) is 0.521. The van der Waals surface area contributed by atoms with Crippen LogP contribution in [0.4, 0.5) is 0 Å². The van der Waals surface area contributed by atoms with Crippen LogP contribution in [-0.2, 0) is 14.4 Å². The number of hydrogen-bond donors (Lipinski definition) is 3. The fourth-order valence-electron chi connectivity index (χ4n) is 0.620. The van der Waals surface area contributed by atoms with Crippen LogP contribution in [0.15, 0.2) is 0 Å². The molecule has 1 unspecified atom stereocenters. The summed E-state index contributed by atoms with van der Waals surface area (Å²) < 4.78 is 0. The number of carboxylic acid groups (broad SMARTS) is 2. The van der Waals surface area contributed by atoms with E-state index in [1.54, 1.807) is 0 Å². The second-order valence-corrected chi connectivity index (χ2v) is 2.19. The zero-order chi connectivity index (χ0) is 9.72. The minimum absolute atomic E-state index is 0. The van der Waals surface area contributed by atoms with Crippen molar-refractivity contribution < 1.29 is 24.6 Å².